The lowest BCUT2D eigenvalue weighted by Gasteiger charge is -2.36. The van der Waals surface area contributed by atoms with Crippen molar-refractivity contribution in [2.45, 2.75) is 38.3 Å². The van der Waals surface area contributed by atoms with Gasteiger partial charge in [0.25, 0.3) is 0 Å². The summed E-state index contributed by atoms with van der Waals surface area (Å²) in [6.45, 7) is 6.86. The number of carbonyl (C=O) groups is 1. The highest BCUT2D eigenvalue weighted by atomic mass is 16.2. The van der Waals surface area contributed by atoms with Crippen molar-refractivity contribution in [3.8, 4) is 0 Å². The van der Waals surface area contributed by atoms with Crippen molar-refractivity contribution in [1.29, 1.82) is 0 Å². The fourth-order valence-electron chi connectivity index (χ4n) is 2.81. The molecule has 2 rings (SSSR count). The molecular formula is C12H24N4O. The molecule has 2 aliphatic heterocycles. The minimum Gasteiger partial charge on any atom is -0.333 e. The smallest absolute Gasteiger partial charge is 0.317 e. The molecule has 0 bridgehead atoms. The zero-order chi connectivity index (χ0) is 12.3. The first kappa shape index (κ1) is 12.6. The summed E-state index contributed by atoms with van der Waals surface area (Å²) < 4.78 is 0. The molecule has 5 nitrogen and oxygen atoms in total. The third-order valence-electron chi connectivity index (χ3n) is 3.94. The van der Waals surface area contributed by atoms with Crippen molar-refractivity contribution in [3.63, 3.8) is 0 Å². The van der Waals surface area contributed by atoms with E-state index in [4.69, 9.17) is 5.73 Å². The van der Waals surface area contributed by atoms with Crippen molar-refractivity contribution >= 4 is 6.03 Å². The number of hydrogen-bond donors (Lipinski definition) is 2. The van der Waals surface area contributed by atoms with Gasteiger partial charge in [0.2, 0.25) is 0 Å². The minimum atomic E-state index is 0.133. The SMILES string of the molecule is CCC1CN(C2CCN(CCN)CC2)C(=O)N1. The lowest BCUT2D eigenvalue weighted by atomic mass is 10.0. The molecule has 2 fully saturated rings. The van der Waals surface area contributed by atoms with Crippen LogP contribution < -0.4 is 11.1 Å². The molecule has 2 amide bonds. The third kappa shape index (κ3) is 2.90. The number of nitrogens with two attached hydrogens (primary N) is 1. The van der Waals surface area contributed by atoms with Crippen LogP contribution in [0.5, 0.6) is 0 Å². The molecule has 98 valence electrons. The number of nitrogens with zero attached hydrogens (tertiary/aromatic N) is 2. The van der Waals surface area contributed by atoms with E-state index in [0.717, 1.165) is 52.0 Å². The van der Waals surface area contributed by atoms with Gasteiger partial charge in [0.1, 0.15) is 0 Å². The van der Waals surface area contributed by atoms with E-state index in [-0.39, 0.29) is 6.03 Å². The highest BCUT2D eigenvalue weighted by Gasteiger charge is 2.34. The van der Waals surface area contributed by atoms with Crippen LogP contribution in [0.25, 0.3) is 0 Å². The molecule has 2 aliphatic rings. The lowest BCUT2D eigenvalue weighted by Crippen LogP contribution is -2.47. The van der Waals surface area contributed by atoms with Gasteiger partial charge < -0.3 is 20.9 Å². The van der Waals surface area contributed by atoms with Gasteiger partial charge in [-0.05, 0) is 19.3 Å². The number of piperidine rings is 1. The summed E-state index contributed by atoms with van der Waals surface area (Å²) in [4.78, 5) is 16.3. The highest BCUT2D eigenvalue weighted by molar-refractivity contribution is 5.77. The summed E-state index contributed by atoms with van der Waals surface area (Å²) in [7, 11) is 0. The number of rotatable bonds is 4. The average molecular weight is 240 g/mol. The molecule has 0 saturated carbocycles. The number of urea groups is 1. The number of likely N-dealkylation sites (tertiary alicyclic amines) is 1. The van der Waals surface area contributed by atoms with Crippen LogP contribution in [0.15, 0.2) is 0 Å². The van der Waals surface area contributed by atoms with Gasteiger partial charge in [0, 0.05) is 44.8 Å². The molecule has 17 heavy (non-hydrogen) atoms. The normalized spacial score (nSPS) is 27.5. The molecule has 0 aromatic rings. The highest BCUT2D eigenvalue weighted by Crippen LogP contribution is 2.20. The standard InChI is InChI=1S/C12H24N4O/c1-2-10-9-16(12(17)14-10)11-3-6-15(7-4-11)8-5-13/h10-11H,2-9,13H2,1H3,(H,14,17). The zero-order valence-electron chi connectivity index (χ0n) is 10.7. The van der Waals surface area contributed by atoms with E-state index in [1.165, 1.54) is 0 Å². The third-order valence-corrected chi connectivity index (χ3v) is 3.94. The first-order valence-electron chi connectivity index (χ1n) is 6.74. The quantitative estimate of drug-likeness (QED) is 0.738. The first-order valence-corrected chi connectivity index (χ1v) is 6.74. The number of amides is 2. The average Bonchev–Trinajstić information content (AvgIpc) is 2.72. The summed E-state index contributed by atoms with van der Waals surface area (Å²) in [5.41, 5.74) is 5.56. The Labute approximate surface area is 103 Å². The van der Waals surface area contributed by atoms with Gasteiger partial charge in [0.05, 0.1) is 0 Å². The number of nitrogens with one attached hydrogen (secondary N) is 1. The molecular weight excluding hydrogens is 216 g/mol. The van der Waals surface area contributed by atoms with E-state index in [1.807, 2.05) is 4.90 Å². The summed E-state index contributed by atoms with van der Waals surface area (Å²) in [5, 5.41) is 3.04. The predicted molar refractivity (Wildman–Crippen MR) is 67.8 cm³/mol. The second-order valence-corrected chi connectivity index (χ2v) is 5.07. The second kappa shape index (κ2) is 5.69. The fraction of sp³-hybridized carbons (Fsp3) is 0.917. The van der Waals surface area contributed by atoms with E-state index in [1.54, 1.807) is 0 Å². The van der Waals surface area contributed by atoms with Crippen LogP contribution in [0.3, 0.4) is 0 Å². The number of carbonyl (C=O) groups excluding carboxylic acids is 1. The molecule has 3 N–H and O–H groups in total. The minimum absolute atomic E-state index is 0.133. The Kier molecular flexibility index (Phi) is 4.23. The molecule has 0 spiro atoms. The Balaban J connectivity index is 1.82. The van der Waals surface area contributed by atoms with E-state index >= 15 is 0 Å². The van der Waals surface area contributed by atoms with Gasteiger partial charge in [-0.1, -0.05) is 6.92 Å². The zero-order valence-corrected chi connectivity index (χ0v) is 10.7. The Morgan fingerprint density at radius 1 is 1.41 bits per heavy atom. The molecule has 2 saturated heterocycles. The van der Waals surface area contributed by atoms with Crippen LogP contribution in [0, 0.1) is 0 Å². The topological polar surface area (TPSA) is 61.6 Å². The van der Waals surface area contributed by atoms with Gasteiger partial charge >= 0.3 is 6.03 Å². The molecule has 0 aromatic heterocycles. The van der Waals surface area contributed by atoms with Crippen LogP contribution in [0.2, 0.25) is 0 Å². The molecule has 2 heterocycles. The lowest BCUT2D eigenvalue weighted by molar-refractivity contribution is 0.136. The van der Waals surface area contributed by atoms with Gasteiger partial charge in [-0.3, -0.25) is 0 Å². The Morgan fingerprint density at radius 3 is 2.65 bits per heavy atom. The van der Waals surface area contributed by atoms with E-state index in [0.29, 0.717) is 12.1 Å². The van der Waals surface area contributed by atoms with E-state index in [2.05, 4.69) is 17.1 Å². The largest absolute Gasteiger partial charge is 0.333 e. The van der Waals surface area contributed by atoms with Gasteiger partial charge in [0.15, 0.2) is 0 Å². The molecule has 0 aromatic carbocycles. The second-order valence-electron chi connectivity index (χ2n) is 5.07. The maximum Gasteiger partial charge on any atom is 0.317 e. The van der Waals surface area contributed by atoms with Crippen molar-refractivity contribution in [2.24, 2.45) is 5.73 Å². The van der Waals surface area contributed by atoms with Gasteiger partial charge in [-0.25, -0.2) is 4.79 Å². The maximum absolute atomic E-state index is 11.8. The van der Waals surface area contributed by atoms with Crippen LogP contribution in [0.1, 0.15) is 26.2 Å². The van der Waals surface area contributed by atoms with Crippen molar-refractivity contribution in [1.82, 2.24) is 15.1 Å². The Morgan fingerprint density at radius 2 is 2.12 bits per heavy atom. The van der Waals surface area contributed by atoms with Crippen LogP contribution in [-0.2, 0) is 0 Å². The van der Waals surface area contributed by atoms with Gasteiger partial charge in [-0.2, -0.15) is 0 Å². The Hall–Kier alpha value is -0.810. The summed E-state index contributed by atoms with van der Waals surface area (Å²) >= 11 is 0. The molecule has 5 heteroatoms. The van der Waals surface area contributed by atoms with Crippen LogP contribution in [-0.4, -0.2) is 60.6 Å². The van der Waals surface area contributed by atoms with Crippen molar-refractivity contribution in [3.05, 3.63) is 0 Å². The fourth-order valence-corrected chi connectivity index (χ4v) is 2.81. The summed E-state index contributed by atoms with van der Waals surface area (Å²) in [6.07, 6.45) is 3.20. The summed E-state index contributed by atoms with van der Waals surface area (Å²) in [6, 6.07) is 0.916. The molecule has 1 atom stereocenters. The number of hydrogen-bond acceptors (Lipinski definition) is 3. The van der Waals surface area contributed by atoms with Gasteiger partial charge in [-0.15, -0.1) is 0 Å². The van der Waals surface area contributed by atoms with Crippen LogP contribution >= 0.6 is 0 Å². The Bertz CT molecular complexity index is 263. The summed E-state index contributed by atoms with van der Waals surface area (Å²) in [5.74, 6) is 0. The van der Waals surface area contributed by atoms with E-state index in [9.17, 15) is 4.79 Å². The maximum atomic E-state index is 11.8. The molecule has 1 unspecified atom stereocenters. The monoisotopic (exact) mass is 240 g/mol. The van der Waals surface area contributed by atoms with Crippen molar-refractivity contribution < 1.29 is 4.79 Å². The predicted octanol–water partition coefficient (Wildman–Crippen LogP) is 0.213. The van der Waals surface area contributed by atoms with Crippen LogP contribution in [0.4, 0.5) is 4.79 Å². The van der Waals surface area contributed by atoms with E-state index < -0.39 is 0 Å². The molecule has 0 radical (unpaired) electrons. The first-order chi connectivity index (χ1) is 8.24. The molecule has 0 aliphatic carbocycles. The van der Waals surface area contributed by atoms with Crippen molar-refractivity contribution in [2.75, 3.05) is 32.7 Å².